The Balaban J connectivity index is 1.53. The number of rotatable bonds is 0. The fraction of sp³-hybridized carbons (Fsp3) is 0. The van der Waals surface area contributed by atoms with Crippen LogP contribution in [0.15, 0.2) is 98.8 Å². The molecule has 11 nitrogen and oxygen atoms in total. The second-order valence-corrected chi connectivity index (χ2v) is 10.7. The van der Waals surface area contributed by atoms with Crippen molar-refractivity contribution >= 4 is 77.7 Å². The molecule has 0 atom stereocenters. The van der Waals surface area contributed by atoms with Crippen molar-refractivity contribution in [1.82, 2.24) is 19.9 Å². The molecule has 8 bridgehead atoms. The standard InChI is InChI=1S/C33H21N11/c34-14-22-24-21(13-23(35)25(22)36)32-42-30-18-10-4-3-9-17(18)28(40-30)38-26-15-7-1-2-8-16(15)27(37-26)39-29-19-11-5-6-12-20(19)31(41-29)43-33(24)44-32/h1-13H,35-36H2,(H4,37,38,39,40,41,42,43,44). The lowest BCUT2D eigenvalue weighted by atomic mass is 10.0. The second kappa shape index (κ2) is 8.67. The summed E-state index contributed by atoms with van der Waals surface area (Å²) in [5.74, 6) is 2.22. The van der Waals surface area contributed by atoms with Crippen molar-refractivity contribution < 1.29 is 0 Å². The fourth-order valence-electron chi connectivity index (χ4n) is 6.09. The zero-order valence-electron chi connectivity index (χ0n) is 22.9. The quantitative estimate of drug-likeness (QED) is 0.143. The molecule has 0 unspecified atom stereocenters. The highest BCUT2D eigenvalue weighted by molar-refractivity contribution is 6.08. The van der Waals surface area contributed by atoms with Crippen LogP contribution in [0.4, 0.5) is 34.6 Å². The molecule has 4 aromatic heterocycles. The lowest BCUT2D eigenvalue weighted by Gasteiger charge is -2.04. The number of benzene rings is 4. The van der Waals surface area contributed by atoms with E-state index in [4.69, 9.17) is 31.4 Å². The van der Waals surface area contributed by atoms with Crippen molar-refractivity contribution in [3.05, 3.63) is 106 Å². The van der Waals surface area contributed by atoms with E-state index in [-0.39, 0.29) is 16.9 Å². The van der Waals surface area contributed by atoms with Crippen molar-refractivity contribution in [2.45, 2.75) is 0 Å². The molecular weight excluding hydrogens is 550 g/mol. The SMILES string of the molecule is N#Cc1c(N)c(N)cc2c3[nH]c(c12)N=c1[nH]c(c2ccccc12)=Nc1[nH]c(c2ccccc12)N=c1[nH]c(c2ccccc12)=N3. The number of fused-ring (bicyclic) bond motifs is 20. The summed E-state index contributed by atoms with van der Waals surface area (Å²) < 4.78 is 0. The van der Waals surface area contributed by atoms with Crippen LogP contribution in [0.25, 0.3) is 43.1 Å². The number of nitrogen functional groups attached to an aromatic ring is 2. The summed E-state index contributed by atoms with van der Waals surface area (Å²) in [5.41, 5.74) is 15.7. The number of hydrogen-bond donors (Lipinski definition) is 6. The molecule has 1 aliphatic rings. The van der Waals surface area contributed by atoms with E-state index in [0.29, 0.717) is 56.0 Å². The number of nitrogens with two attached hydrogens (primary N) is 2. The molecular formula is C33H21N11. The largest absolute Gasteiger partial charge is 0.397 e. The minimum Gasteiger partial charge on any atom is -0.397 e. The Morgan fingerprint density at radius 3 is 1.34 bits per heavy atom. The first-order chi connectivity index (χ1) is 21.6. The zero-order chi connectivity index (χ0) is 29.5. The molecule has 0 fully saturated rings. The van der Waals surface area contributed by atoms with Crippen molar-refractivity contribution in [2.75, 3.05) is 11.5 Å². The number of nitrogens with zero attached hydrogens (tertiary/aromatic N) is 5. The summed E-state index contributed by atoms with van der Waals surface area (Å²) in [6.45, 7) is 0. The molecule has 0 amide bonds. The molecule has 4 aromatic carbocycles. The monoisotopic (exact) mass is 571 g/mol. The summed E-state index contributed by atoms with van der Waals surface area (Å²) in [4.78, 5) is 33.8. The summed E-state index contributed by atoms with van der Waals surface area (Å²) in [7, 11) is 0. The Labute approximate surface area is 246 Å². The predicted octanol–water partition coefficient (Wildman–Crippen LogP) is 4.77. The van der Waals surface area contributed by atoms with Crippen molar-refractivity contribution in [1.29, 1.82) is 5.26 Å². The highest BCUT2D eigenvalue weighted by Crippen LogP contribution is 2.41. The Morgan fingerprint density at radius 1 is 0.500 bits per heavy atom. The van der Waals surface area contributed by atoms with Crippen LogP contribution in [-0.2, 0) is 0 Å². The third kappa shape index (κ3) is 3.30. The lowest BCUT2D eigenvalue weighted by molar-refractivity contribution is 1.08. The predicted molar refractivity (Wildman–Crippen MR) is 170 cm³/mol. The van der Waals surface area contributed by atoms with Gasteiger partial charge in [-0.2, -0.15) is 5.26 Å². The average molecular weight is 572 g/mol. The number of anilines is 2. The molecule has 208 valence electrons. The van der Waals surface area contributed by atoms with Gasteiger partial charge in [0, 0.05) is 43.1 Å². The molecule has 0 saturated heterocycles. The molecule has 0 spiro atoms. The van der Waals surface area contributed by atoms with Crippen LogP contribution in [0, 0.1) is 11.3 Å². The van der Waals surface area contributed by atoms with Crippen molar-refractivity contribution in [3.8, 4) is 6.07 Å². The van der Waals surface area contributed by atoms with Gasteiger partial charge < -0.3 is 31.4 Å². The zero-order valence-corrected chi connectivity index (χ0v) is 22.9. The van der Waals surface area contributed by atoms with Gasteiger partial charge in [-0.05, 0) is 6.07 Å². The van der Waals surface area contributed by atoms with Crippen LogP contribution >= 0.6 is 0 Å². The van der Waals surface area contributed by atoms with Crippen LogP contribution in [0.5, 0.6) is 0 Å². The van der Waals surface area contributed by atoms with E-state index in [1.54, 1.807) is 6.07 Å². The first-order valence-corrected chi connectivity index (χ1v) is 13.9. The van der Waals surface area contributed by atoms with Crippen LogP contribution in [0.2, 0.25) is 0 Å². The van der Waals surface area contributed by atoms with Gasteiger partial charge in [-0.1, -0.05) is 72.8 Å². The molecule has 8 aromatic rings. The highest BCUT2D eigenvalue weighted by atomic mass is 15.1. The third-order valence-corrected chi connectivity index (χ3v) is 8.16. The Bertz CT molecular complexity index is 2820. The number of hydrogen-bond acceptors (Lipinski definition) is 7. The van der Waals surface area contributed by atoms with E-state index >= 15 is 0 Å². The van der Waals surface area contributed by atoms with E-state index in [2.05, 4.69) is 26.0 Å². The third-order valence-electron chi connectivity index (χ3n) is 8.16. The van der Waals surface area contributed by atoms with Crippen molar-refractivity contribution in [3.63, 3.8) is 0 Å². The number of nitrogens with one attached hydrogen (secondary N) is 4. The summed E-state index contributed by atoms with van der Waals surface area (Å²) >= 11 is 0. The van der Waals surface area contributed by atoms with Gasteiger partial charge >= 0.3 is 0 Å². The summed E-state index contributed by atoms with van der Waals surface area (Å²) in [6.07, 6.45) is 0. The first kappa shape index (κ1) is 24.0. The molecule has 5 heterocycles. The average Bonchev–Trinajstić information content (AvgIpc) is 3.77. The van der Waals surface area contributed by atoms with Crippen LogP contribution in [0.3, 0.4) is 0 Å². The molecule has 9 rings (SSSR count). The molecule has 1 aliphatic heterocycles. The molecule has 0 saturated carbocycles. The maximum Gasteiger partial charge on any atom is 0.143 e. The lowest BCUT2D eigenvalue weighted by Crippen LogP contribution is -2.10. The first-order valence-electron chi connectivity index (χ1n) is 13.9. The van der Waals surface area contributed by atoms with E-state index in [9.17, 15) is 5.26 Å². The maximum absolute atomic E-state index is 10.2. The Hall–Kier alpha value is -6.67. The number of aromatic nitrogens is 4. The number of H-pyrrole nitrogens is 4. The van der Waals surface area contributed by atoms with E-state index in [0.717, 1.165) is 32.3 Å². The number of nitriles is 1. The Morgan fingerprint density at radius 2 is 0.886 bits per heavy atom. The molecule has 11 heteroatoms. The van der Waals surface area contributed by atoms with Gasteiger partial charge in [-0.15, -0.1) is 0 Å². The summed E-state index contributed by atoms with van der Waals surface area (Å²) in [5, 5.41) is 16.7. The maximum atomic E-state index is 10.2. The van der Waals surface area contributed by atoms with Gasteiger partial charge in [0.1, 0.15) is 51.3 Å². The van der Waals surface area contributed by atoms with E-state index < -0.39 is 0 Å². The topological polar surface area (TPSA) is 188 Å². The minimum atomic E-state index is 0.195. The van der Waals surface area contributed by atoms with E-state index in [1.165, 1.54) is 0 Å². The molecule has 44 heavy (non-hydrogen) atoms. The van der Waals surface area contributed by atoms with Gasteiger partial charge in [-0.25, -0.2) is 20.0 Å². The van der Waals surface area contributed by atoms with Gasteiger partial charge in [0.15, 0.2) is 0 Å². The molecule has 8 N–H and O–H groups in total. The minimum absolute atomic E-state index is 0.195. The van der Waals surface area contributed by atoms with Gasteiger partial charge in [0.25, 0.3) is 0 Å². The van der Waals surface area contributed by atoms with Crippen LogP contribution in [0.1, 0.15) is 5.56 Å². The van der Waals surface area contributed by atoms with Gasteiger partial charge in [0.05, 0.1) is 16.9 Å². The fourth-order valence-corrected chi connectivity index (χ4v) is 6.09. The summed E-state index contributed by atoms with van der Waals surface area (Å²) in [6, 6.07) is 27.8. The highest BCUT2D eigenvalue weighted by Gasteiger charge is 2.20. The molecule has 0 aliphatic carbocycles. The normalized spacial score (nSPS) is 12.5. The second-order valence-electron chi connectivity index (χ2n) is 10.7. The Kier molecular flexibility index (Phi) is 4.72. The van der Waals surface area contributed by atoms with Gasteiger partial charge in [0.2, 0.25) is 0 Å². The van der Waals surface area contributed by atoms with E-state index in [1.807, 2.05) is 72.8 Å². The smallest absolute Gasteiger partial charge is 0.143 e. The number of aromatic amines is 4. The van der Waals surface area contributed by atoms with Gasteiger partial charge in [-0.3, -0.25) is 0 Å². The van der Waals surface area contributed by atoms with Crippen LogP contribution < -0.4 is 33.4 Å². The van der Waals surface area contributed by atoms with Crippen LogP contribution in [-0.4, -0.2) is 19.9 Å². The molecule has 0 radical (unpaired) electrons. The van der Waals surface area contributed by atoms with Crippen molar-refractivity contribution in [2.24, 2.45) is 20.0 Å².